The molecule has 0 saturated carbocycles. The van der Waals surface area contributed by atoms with Gasteiger partial charge in [0.2, 0.25) is 11.8 Å². The second-order valence-corrected chi connectivity index (χ2v) is 9.92. The SMILES string of the molecule is O=C(CCS(=O)(=O)CCCl)NCNC(=O)CCS(=O)(=O)CCCl. The number of halogens is 2. The summed E-state index contributed by atoms with van der Waals surface area (Å²) in [4.78, 5) is 22.8. The van der Waals surface area contributed by atoms with Gasteiger partial charge in [-0.1, -0.05) is 0 Å². The van der Waals surface area contributed by atoms with E-state index in [-0.39, 0.29) is 54.3 Å². The Morgan fingerprint density at radius 3 is 1.35 bits per heavy atom. The first-order chi connectivity index (χ1) is 10.6. The van der Waals surface area contributed by atoms with E-state index in [9.17, 15) is 26.4 Å². The molecule has 0 spiro atoms. The molecule has 0 aromatic heterocycles. The fourth-order valence-electron chi connectivity index (χ4n) is 1.35. The van der Waals surface area contributed by atoms with Gasteiger partial charge in [0, 0.05) is 24.6 Å². The van der Waals surface area contributed by atoms with Crippen LogP contribution in [0.4, 0.5) is 0 Å². The monoisotopic (exact) mass is 410 g/mol. The zero-order valence-electron chi connectivity index (χ0n) is 12.4. The third-order valence-electron chi connectivity index (χ3n) is 2.63. The number of amides is 2. The van der Waals surface area contributed by atoms with E-state index in [0.717, 1.165) is 0 Å². The highest BCUT2D eigenvalue weighted by Crippen LogP contribution is 1.96. The van der Waals surface area contributed by atoms with Crippen molar-refractivity contribution < 1.29 is 26.4 Å². The number of hydrogen-bond acceptors (Lipinski definition) is 6. The lowest BCUT2D eigenvalue weighted by molar-refractivity contribution is -0.122. The topological polar surface area (TPSA) is 126 Å². The Hall–Kier alpha value is -0.580. The minimum absolute atomic E-state index is 0.0351. The van der Waals surface area contributed by atoms with E-state index in [0.29, 0.717) is 0 Å². The van der Waals surface area contributed by atoms with Gasteiger partial charge in [0.25, 0.3) is 0 Å². The predicted molar refractivity (Wildman–Crippen MR) is 89.1 cm³/mol. The molecule has 0 aliphatic heterocycles. The van der Waals surface area contributed by atoms with Crippen LogP contribution in [-0.2, 0) is 29.3 Å². The van der Waals surface area contributed by atoms with Crippen LogP contribution >= 0.6 is 23.2 Å². The Labute approximate surface area is 146 Å². The number of hydrogen-bond donors (Lipinski definition) is 2. The summed E-state index contributed by atoms with van der Waals surface area (Å²) in [7, 11) is -6.71. The van der Waals surface area contributed by atoms with Crippen LogP contribution in [0.5, 0.6) is 0 Å². The van der Waals surface area contributed by atoms with E-state index in [4.69, 9.17) is 23.2 Å². The molecular weight excluding hydrogens is 391 g/mol. The maximum atomic E-state index is 11.4. The predicted octanol–water partition coefficient (Wildman–Crippen LogP) is -0.736. The summed E-state index contributed by atoms with van der Waals surface area (Å²) in [5.74, 6) is -2.20. The van der Waals surface area contributed by atoms with Crippen LogP contribution in [0.3, 0.4) is 0 Å². The van der Waals surface area contributed by atoms with Gasteiger partial charge in [-0.15, -0.1) is 23.2 Å². The molecule has 0 unspecified atom stereocenters. The molecular formula is C11H20Cl2N2O6S2. The highest BCUT2D eigenvalue weighted by atomic mass is 35.5. The molecule has 0 rings (SSSR count). The number of carbonyl (C=O) groups excluding carboxylic acids is 2. The third-order valence-corrected chi connectivity index (χ3v) is 6.76. The fraction of sp³-hybridized carbons (Fsp3) is 0.818. The molecule has 0 aliphatic carbocycles. The van der Waals surface area contributed by atoms with Crippen LogP contribution in [-0.4, -0.2) is 70.1 Å². The van der Waals surface area contributed by atoms with Crippen molar-refractivity contribution in [2.45, 2.75) is 12.8 Å². The summed E-state index contributed by atoms with van der Waals surface area (Å²) >= 11 is 10.6. The van der Waals surface area contributed by atoms with Crippen LogP contribution < -0.4 is 10.6 Å². The maximum Gasteiger partial charge on any atom is 0.222 e. The molecule has 8 nitrogen and oxygen atoms in total. The van der Waals surface area contributed by atoms with Gasteiger partial charge in [0.05, 0.1) is 29.7 Å². The van der Waals surface area contributed by atoms with Crippen molar-refractivity contribution in [1.82, 2.24) is 10.6 Å². The second-order valence-electron chi connectivity index (χ2n) is 4.56. The average Bonchev–Trinajstić information content (AvgIpc) is 2.43. The number of nitrogens with one attached hydrogen (secondary N) is 2. The van der Waals surface area contributed by atoms with Gasteiger partial charge in [-0.3, -0.25) is 9.59 Å². The Morgan fingerprint density at radius 1 is 0.696 bits per heavy atom. The Bertz CT molecular complexity index is 540. The highest BCUT2D eigenvalue weighted by Gasteiger charge is 2.14. The molecule has 12 heteroatoms. The first kappa shape index (κ1) is 22.4. The van der Waals surface area contributed by atoms with Gasteiger partial charge >= 0.3 is 0 Å². The minimum atomic E-state index is -3.36. The van der Waals surface area contributed by atoms with Crippen LogP contribution in [0.1, 0.15) is 12.8 Å². The molecule has 0 radical (unpaired) electrons. The van der Waals surface area contributed by atoms with Crippen molar-refractivity contribution in [3.63, 3.8) is 0 Å². The van der Waals surface area contributed by atoms with Crippen molar-refractivity contribution in [2.24, 2.45) is 0 Å². The molecule has 0 aromatic carbocycles. The molecule has 0 atom stereocenters. The lowest BCUT2D eigenvalue weighted by atomic mass is 10.4. The van der Waals surface area contributed by atoms with Gasteiger partial charge in [0.15, 0.2) is 19.7 Å². The van der Waals surface area contributed by atoms with Crippen molar-refractivity contribution in [1.29, 1.82) is 0 Å². The first-order valence-corrected chi connectivity index (χ1v) is 11.4. The number of sulfone groups is 2. The number of carbonyl (C=O) groups is 2. The van der Waals surface area contributed by atoms with Crippen molar-refractivity contribution in [3.05, 3.63) is 0 Å². The molecule has 0 aliphatic rings. The van der Waals surface area contributed by atoms with E-state index < -0.39 is 31.5 Å². The zero-order chi connectivity index (χ0) is 17.9. The Balaban J connectivity index is 3.94. The summed E-state index contributed by atoms with van der Waals surface area (Å²) in [6.07, 6.45) is -0.474. The van der Waals surface area contributed by atoms with E-state index in [1.54, 1.807) is 0 Å². The molecule has 0 aromatic rings. The summed E-state index contributed by atoms with van der Waals surface area (Å²) < 4.78 is 45.4. The van der Waals surface area contributed by atoms with E-state index in [1.165, 1.54) is 0 Å². The number of alkyl halides is 2. The van der Waals surface area contributed by atoms with Crippen LogP contribution in [0, 0.1) is 0 Å². The van der Waals surface area contributed by atoms with Crippen molar-refractivity contribution >= 4 is 54.7 Å². The van der Waals surface area contributed by atoms with Crippen molar-refractivity contribution in [2.75, 3.05) is 41.4 Å². The summed E-state index contributed by atoms with van der Waals surface area (Å²) in [5, 5.41) is 4.62. The molecule has 0 fully saturated rings. The second kappa shape index (κ2) is 11.1. The summed E-state index contributed by atoms with van der Waals surface area (Å²) in [6, 6.07) is 0. The molecule has 23 heavy (non-hydrogen) atoms. The smallest absolute Gasteiger partial charge is 0.222 e. The van der Waals surface area contributed by atoms with Gasteiger partial charge in [0.1, 0.15) is 0 Å². The van der Waals surface area contributed by atoms with E-state index in [2.05, 4.69) is 10.6 Å². The lowest BCUT2D eigenvalue weighted by Gasteiger charge is -2.08. The van der Waals surface area contributed by atoms with Crippen LogP contribution in [0.15, 0.2) is 0 Å². The average molecular weight is 411 g/mol. The summed E-state index contributed by atoms with van der Waals surface area (Å²) in [6.45, 7) is -0.206. The van der Waals surface area contributed by atoms with E-state index in [1.807, 2.05) is 0 Å². The summed E-state index contributed by atoms with van der Waals surface area (Å²) in [5.41, 5.74) is 0. The third kappa shape index (κ3) is 12.5. The minimum Gasteiger partial charge on any atom is -0.339 e. The molecule has 2 amide bonds. The maximum absolute atomic E-state index is 11.4. The normalized spacial score (nSPS) is 11.9. The molecule has 0 heterocycles. The van der Waals surface area contributed by atoms with Crippen LogP contribution in [0.25, 0.3) is 0 Å². The molecule has 2 N–H and O–H groups in total. The van der Waals surface area contributed by atoms with Crippen molar-refractivity contribution in [3.8, 4) is 0 Å². The van der Waals surface area contributed by atoms with Crippen LogP contribution in [0.2, 0.25) is 0 Å². The first-order valence-electron chi connectivity index (χ1n) is 6.68. The highest BCUT2D eigenvalue weighted by molar-refractivity contribution is 7.91. The fourth-order valence-corrected chi connectivity index (χ4v) is 4.64. The van der Waals surface area contributed by atoms with Gasteiger partial charge < -0.3 is 10.6 Å². The molecule has 0 saturated heterocycles. The number of rotatable bonds is 12. The molecule has 0 bridgehead atoms. The lowest BCUT2D eigenvalue weighted by Crippen LogP contribution is -2.38. The zero-order valence-corrected chi connectivity index (χ0v) is 15.5. The van der Waals surface area contributed by atoms with Gasteiger partial charge in [-0.25, -0.2) is 16.8 Å². The standard InChI is InChI=1S/C11H20Cl2N2O6S2/c12-3-7-22(18,19)5-1-10(16)14-9-15-11(17)2-6-23(20,21)8-4-13/h1-9H2,(H,14,16)(H,15,17). The quantitative estimate of drug-likeness (QED) is 0.322. The van der Waals surface area contributed by atoms with Gasteiger partial charge in [-0.05, 0) is 0 Å². The van der Waals surface area contributed by atoms with E-state index >= 15 is 0 Å². The molecule has 136 valence electrons. The Morgan fingerprint density at radius 2 is 1.04 bits per heavy atom. The van der Waals surface area contributed by atoms with Gasteiger partial charge in [-0.2, -0.15) is 0 Å². The Kier molecular flexibility index (Phi) is 10.8. The largest absolute Gasteiger partial charge is 0.339 e.